The zero-order valence-corrected chi connectivity index (χ0v) is 13.6. The highest BCUT2D eigenvalue weighted by atomic mass is 16.2. The number of aromatic nitrogens is 1. The van der Waals surface area contributed by atoms with E-state index in [2.05, 4.69) is 28.9 Å². The fourth-order valence-electron chi connectivity index (χ4n) is 2.86. The molecule has 0 saturated carbocycles. The Hall–Kier alpha value is -2.20. The van der Waals surface area contributed by atoms with Gasteiger partial charge in [-0.3, -0.25) is 14.7 Å². The Bertz CT molecular complexity index is 631. The van der Waals surface area contributed by atoms with Crippen LogP contribution in [0, 0.1) is 0 Å². The Kier molecular flexibility index (Phi) is 5.03. The number of rotatable bonds is 4. The van der Waals surface area contributed by atoms with Crippen molar-refractivity contribution >= 4 is 5.91 Å². The molecule has 1 saturated heterocycles. The molecule has 0 spiro atoms. The first-order chi connectivity index (χ1) is 11.3. The first-order valence-corrected chi connectivity index (χ1v) is 8.26. The molecular formula is C19H23N3O. The average molecular weight is 309 g/mol. The van der Waals surface area contributed by atoms with Gasteiger partial charge in [-0.1, -0.05) is 31.2 Å². The SMILES string of the molecule is CCc1ccc(CN2CCN(C(=O)c3ccccc3)CC2)nc1. The van der Waals surface area contributed by atoms with Crippen molar-refractivity contribution in [1.29, 1.82) is 0 Å². The van der Waals surface area contributed by atoms with Crippen LogP contribution >= 0.6 is 0 Å². The second-order valence-corrected chi connectivity index (χ2v) is 5.95. The minimum absolute atomic E-state index is 0.135. The van der Waals surface area contributed by atoms with E-state index in [0.717, 1.165) is 50.4 Å². The second kappa shape index (κ2) is 7.38. The van der Waals surface area contributed by atoms with E-state index in [1.54, 1.807) is 0 Å². The molecule has 23 heavy (non-hydrogen) atoms. The molecule has 0 atom stereocenters. The summed E-state index contributed by atoms with van der Waals surface area (Å²) in [5, 5.41) is 0. The number of hydrogen-bond acceptors (Lipinski definition) is 3. The molecule has 1 aromatic heterocycles. The summed E-state index contributed by atoms with van der Waals surface area (Å²) in [4.78, 5) is 21.3. The summed E-state index contributed by atoms with van der Waals surface area (Å²) in [5.74, 6) is 0.135. The summed E-state index contributed by atoms with van der Waals surface area (Å²) in [6.45, 7) is 6.35. The van der Waals surface area contributed by atoms with Crippen molar-refractivity contribution < 1.29 is 4.79 Å². The van der Waals surface area contributed by atoms with Gasteiger partial charge in [-0.05, 0) is 30.2 Å². The molecule has 1 aliphatic heterocycles. The Labute approximate surface area is 137 Å². The van der Waals surface area contributed by atoms with Crippen LogP contribution in [0.5, 0.6) is 0 Å². The van der Waals surface area contributed by atoms with E-state index in [4.69, 9.17) is 0 Å². The van der Waals surface area contributed by atoms with Crippen molar-refractivity contribution in [2.75, 3.05) is 26.2 Å². The topological polar surface area (TPSA) is 36.4 Å². The van der Waals surface area contributed by atoms with E-state index >= 15 is 0 Å². The molecule has 0 unspecified atom stereocenters. The number of amides is 1. The fourth-order valence-corrected chi connectivity index (χ4v) is 2.86. The van der Waals surface area contributed by atoms with Gasteiger partial charge in [0.25, 0.3) is 5.91 Å². The van der Waals surface area contributed by atoms with Gasteiger partial charge in [0.15, 0.2) is 0 Å². The highest BCUT2D eigenvalue weighted by molar-refractivity contribution is 5.94. The first kappa shape index (κ1) is 15.7. The van der Waals surface area contributed by atoms with Crippen molar-refractivity contribution in [2.24, 2.45) is 0 Å². The molecule has 0 N–H and O–H groups in total. The molecule has 1 aromatic carbocycles. The van der Waals surface area contributed by atoms with Gasteiger partial charge in [0.2, 0.25) is 0 Å². The summed E-state index contributed by atoms with van der Waals surface area (Å²) in [7, 11) is 0. The van der Waals surface area contributed by atoms with Crippen LogP contribution < -0.4 is 0 Å². The van der Waals surface area contributed by atoms with Gasteiger partial charge in [-0.2, -0.15) is 0 Å². The summed E-state index contributed by atoms with van der Waals surface area (Å²) in [5.41, 5.74) is 3.15. The molecule has 2 heterocycles. The minimum Gasteiger partial charge on any atom is -0.336 e. The van der Waals surface area contributed by atoms with E-state index in [9.17, 15) is 4.79 Å². The Morgan fingerprint density at radius 1 is 1.04 bits per heavy atom. The summed E-state index contributed by atoms with van der Waals surface area (Å²) < 4.78 is 0. The third-order valence-electron chi connectivity index (χ3n) is 4.36. The van der Waals surface area contributed by atoms with E-state index < -0.39 is 0 Å². The van der Waals surface area contributed by atoms with E-state index in [1.807, 2.05) is 41.4 Å². The van der Waals surface area contributed by atoms with Crippen molar-refractivity contribution in [3.8, 4) is 0 Å². The molecule has 1 fully saturated rings. The van der Waals surface area contributed by atoms with Crippen LogP contribution in [0.2, 0.25) is 0 Å². The molecule has 2 aromatic rings. The van der Waals surface area contributed by atoms with Gasteiger partial charge in [-0.15, -0.1) is 0 Å². The Morgan fingerprint density at radius 2 is 1.78 bits per heavy atom. The first-order valence-electron chi connectivity index (χ1n) is 8.26. The molecule has 3 rings (SSSR count). The van der Waals surface area contributed by atoms with Crippen LogP contribution in [-0.4, -0.2) is 46.9 Å². The number of piperazine rings is 1. The predicted molar refractivity (Wildman–Crippen MR) is 91.2 cm³/mol. The molecule has 0 radical (unpaired) electrons. The van der Waals surface area contributed by atoms with Crippen LogP contribution in [0.4, 0.5) is 0 Å². The normalized spacial score (nSPS) is 15.6. The van der Waals surface area contributed by atoms with E-state index in [1.165, 1.54) is 5.56 Å². The largest absolute Gasteiger partial charge is 0.336 e. The third-order valence-corrected chi connectivity index (χ3v) is 4.36. The quantitative estimate of drug-likeness (QED) is 0.871. The van der Waals surface area contributed by atoms with Gasteiger partial charge >= 0.3 is 0 Å². The smallest absolute Gasteiger partial charge is 0.253 e. The highest BCUT2D eigenvalue weighted by Crippen LogP contribution is 2.11. The van der Waals surface area contributed by atoms with E-state index in [-0.39, 0.29) is 5.91 Å². The second-order valence-electron chi connectivity index (χ2n) is 5.95. The van der Waals surface area contributed by atoms with Gasteiger partial charge in [0.05, 0.1) is 5.69 Å². The van der Waals surface area contributed by atoms with Crippen molar-refractivity contribution in [3.05, 3.63) is 65.5 Å². The lowest BCUT2D eigenvalue weighted by Crippen LogP contribution is -2.48. The molecular weight excluding hydrogens is 286 g/mol. The van der Waals surface area contributed by atoms with Gasteiger partial charge in [-0.25, -0.2) is 0 Å². The zero-order chi connectivity index (χ0) is 16.1. The number of pyridine rings is 1. The van der Waals surface area contributed by atoms with Crippen molar-refractivity contribution in [1.82, 2.24) is 14.8 Å². The number of aryl methyl sites for hydroxylation is 1. The molecule has 0 bridgehead atoms. The number of carbonyl (C=O) groups excluding carboxylic acids is 1. The standard InChI is InChI=1S/C19H23N3O/c1-2-16-8-9-18(20-14-16)15-21-10-12-22(13-11-21)19(23)17-6-4-3-5-7-17/h3-9,14H,2,10-13,15H2,1H3. The monoisotopic (exact) mass is 309 g/mol. The fraction of sp³-hybridized carbons (Fsp3) is 0.368. The summed E-state index contributed by atoms with van der Waals surface area (Å²) in [6.07, 6.45) is 2.98. The minimum atomic E-state index is 0.135. The van der Waals surface area contributed by atoms with Crippen LogP contribution in [0.15, 0.2) is 48.7 Å². The lowest BCUT2D eigenvalue weighted by Gasteiger charge is -2.34. The maximum atomic E-state index is 12.4. The zero-order valence-electron chi connectivity index (χ0n) is 13.6. The maximum Gasteiger partial charge on any atom is 0.253 e. The number of hydrogen-bond donors (Lipinski definition) is 0. The predicted octanol–water partition coefficient (Wildman–Crippen LogP) is 2.60. The maximum absolute atomic E-state index is 12.4. The van der Waals surface area contributed by atoms with Gasteiger partial charge < -0.3 is 4.90 Å². The van der Waals surface area contributed by atoms with Crippen LogP contribution in [0.1, 0.15) is 28.5 Å². The molecule has 4 heteroatoms. The Morgan fingerprint density at radius 3 is 2.39 bits per heavy atom. The number of carbonyl (C=O) groups is 1. The lowest BCUT2D eigenvalue weighted by molar-refractivity contribution is 0.0627. The van der Waals surface area contributed by atoms with Crippen LogP contribution in [-0.2, 0) is 13.0 Å². The number of nitrogens with zero attached hydrogens (tertiary/aromatic N) is 3. The Balaban J connectivity index is 1.53. The van der Waals surface area contributed by atoms with Crippen LogP contribution in [0.3, 0.4) is 0 Å². The van der Waals surface area contributed by atoms with E-state index in [0.29, 0.717) is 0 Å². The van der Waals surface area contributed by atoms with Gasteiger partial charge in [0.1, 0.15) is 0 Å². The highest BCUT2D eigenvalue weighted by Gasteiger charge is 2.22. The lowest BCUT2D eigenvalue weighted by atomic mass is 10.1. The number of benzene rings is 1. The van der Waals surface area contributed by atoms with Crippen molar-refractivity contribution in [2.45, 2.75) is 19.9 Å². The average Bonchev–Trinajstić information content (AvgIpc) is 2.63. The third kappa shape index (κ3) is 3.96. The molecule has 4 nitrogen and oxygen atoms in total. The molecule has 1 amide bonds. The van der Waals surface area contributed by atoms with Gasteiger partial charge in [0, 0.05) is 44.5 Å². The molecule has 1 aliphatic rings. The summed E-state index contributed by atoms with van der Waals surface area (Å²) >= 11 is 0. The molecule has 120 valence electrons. The van der Waals surface area contributed by atoms with Crippen LogP contribution in [0.25, 0.3) is 0 Å². The van der Waals surface area contributed by atoms with Crippen molar-refractivity contribution in [3.63, 3.8) is 0 Å². The molecule has 0 aliphatic carbocycles. The summed E-state index contributed by atoms with van der Waals surface area (Å²) in [6, 6.07) is 13.8.